The summed E-state index contributed by atoms with van der Waals surface area (Å²) in [5.41, 5.74) is 3.21. The van der Waals surface area contributed by atoms with Crippen molar-refractivity contribution in [2.24, 2.45) is 5.92 Å². The van der Waals surface area contributed by atoms with Crippen LogP contribution in [0.3, 0.4) is 0 Å². The summed E-state index contributed by atoms with van der Waals surface area (Å²) in [7, 11) is 0. The maximum Gasteiger partial charge on any atom is 0.139 e. The monoisotopic (exact) mass is 252 g/mol. The van der Waals surface area contributed by atoms with E-state index in [4.69, 9.17) is 0 Å². The zero-order valence-corrected chi connectivity index (χ0v) is 11.1. The summed E-state index contributed by atoms with van der Waals surface area (Å²) in [6.45, 7) is 3.88. The number of hydrogen-bond donors (Lipinski definition) is 1. The Bertz CT molecular complexity index is 756. The number of nitrogens with one attached hydrogen (secondary N) is 1. The van der Waals surface area contributed by atoms with E-state index in [2.05, 4.69) is 22.1 Å². The lowest BCUT2D eigenvalue weighted by molar-refractivity contribution is -0.121. The molecule has 3 heteroatoms. The number of carbonyl (C=O) groups is 1. The van der Waals surface area contributed by atoms with Crippen molar-refractivity contribution < 1.29 is 4.79 Å². The number of nitrogens with zero attached hydrogens (tertiary/aromatic N) is 1. The number of benzene rings is 1. The number of fused-ring (bicyclic) bond motifs is 3. The van der Waals surface area contributed by atoms with Crippen molar-refractivity contribution in [2.45, 2.75) is 20.3 Å². The van der Waals surface area contributed by atoms with Crippen LogP contribution in [0.2, 0.25) is 0 Å². The van der Waals surface area contributed by atoms with Crippen LogP contribution < -0.4 is 0 Å². The minimum Gasteiger partial charge on any atom is -0.354 e. The van der Waals surface area contributed by atoms with Gasteiger partial charge in [-0.25, -0.2) is 0 Å². The van der Waals surface area contributed by atoms with Gasteiger partial charge in [-0.2, -0.15) is 0 Å². The SMILES string of the molecule is CC(C)C(=O)Cc1ccc2c(c1)[nH]c1ccncc12. The van der Waals surface area contributed by atoms with Crippen molar-refractivity contribution in [2.75, 3.05) is 0 Å². The molecule has 0 radical (unpaired) electrons. The van der Waals surface area contributed by atoms with E-state index in [-0.39, 0.29) is 11.7 Å². The number of ketones is 1. The van der Waals surface area contributed by atoms with Crippen LogP contribution in [0.15, 0.2) is 36.7 Å². The molecule has 2 aromatic heterocycles. The largest absolute Gasteiger partial charge is 0.354 e. The Morgan fingerprint density at radius 3 is 2.84 bits per heavy atom. The third-order valence-electron chi connectivity index (χ3n) is 3.49. The number of H-pyrrole nitrogens is 1. The smallest absolute Gasteiger partial charge is 0.139 e. The van der Waals surface area contributed by atoms with Gasteiger partial charge in [0.1, 0.15) is 5.78 Å². The molecule has 1 aromatic carbocycles. The number of aromatic nitrogens is 2. The molecular weight excluding hydrogens is 236 g/mol. The van der Waals surface area contributed by atoms with Crippen molar-refractivity contribution in [3.63, 3.8) is 0 Å². The Hall–Kier alpha value is -2.16. The van der Waals surface area contributed by atoms with Gasteiger partial charge in [0.05, 0.1) is 0 Å². The summed E-state index contributed by atoms with van der Waals surface area (Å²) < 4.78 is 0. The highest BCUT2D eigenvalue weighted by Crippen LogP contribution is 2.25. The number of pyridine rings is 1. The maximum atomic E-state index is 11.8. The first-order valence-electron chi connectivity index (χ1n) is 6.52. The van der Waals surface area contributed by atoms with Gasteiger partial charge in [0.2, 0.25) is 0 Å². The van der Waals surface area contributed by atoms with Gasteiger partial charge in [-0.05, 0) is 17.7 Å². The van der Waals surface area contributed by atoms with Gasteiger partial charge >= 0.3 is 0 Å². The van der Waals surface area contributed by atoms with Crippen LogP contribution in [0.25, 0.3) is 21.8 Å². The molecule has 0 aliphatic rings. The summed E-state index contributed by atoms with van der Waals surface area (Å²) in [5, 5.41) is 2.28. The van der Waals surface area contributed by atoms with Gasteiger partial charge in [0.15, 0.2) is 0 Å². The average molecular weight is 252 g/mol. The Morgan fingerprint density at radius 1 is 1.21 bits per heavy atom. The Labute approximate surface area is 111 Å². The zero-order chi connectivity index (χ0) is 13.4. The molecule has 2 heterocycles. The van der Waals surface area contributed by atoms with Crippen molar-refractivity contribution in [1.82, 2.24) is 9.97 Å². The highest BCUT2D eigenvalue weighted by atomic mass is 16.1. The number of carbonyl (C=O) groups excluding carboxylic acids is 1. The first-order chi connectivity index (χ1) is 9.15. The van der Waals surface area contributed by atoms with Crippen LogP contribution in [-0.2, 0) is 11.2 Å². The standard InChI is InChI=1S/C16H16N2O/c1-10(2)16(19)8-11-3-4-12-13-9-17-6-5-14(13)18-15(12)7-11/h3-7,9-10,18H,8H2,1-2H3. The molecular formula is C16H16N2O. The summed E-state index contributed by atoms with van der Waals surface area (Å²) in [6.07, 6.45) is 4.15. The van der Waals surface area contributed by atoms with Crippen LogP contribution in [0.4, 0.5) is 0 Å². The molecule has 96 valence electrons. The van der Waals surface area contributed by atoms with Crippen molar-refractivity contribution in [3.8, 4) is 0 Å². The molecule has 3 aromatic rings. The fourth-order valence-corrected chi connectivity index (χ4v) is 2.31. The van der Waals surface area contributed by atoms with E-state index in [0.29, 0.717) is 6.42 Å². The van der Waals surface area contributed by atoms with E-state index in [1.807, 2.05) is 32.2 Å². The molecule has 1 N–H and O–H groups in total. The minimum absolute atomic E-state index is 0.0858. The number of hydrogen-bond acceptors (Lipinski definition) is 2. The number of rotatable bonds is 3. The van der Waals surface area contributed by atoms with Crippen LogP contribution >= 0.6 is 0 Å². The lowest BCUT2D eigenvalue weighted by atomic mass is 10.0. The van der Waals surface area contributed by atoms with Crippen molar-refractivity contribution in [3.05, 3.63) is 42.2 Å². The zero-order valence-electron chi connectivity index (χ0n) is 11.1. The van der Waals surface area contributed by atoms with Crippen LogP contribution in [-0.4, -0.2) is 15.8 Å². The Kier molecular flexibility index (Phi) is 2.82. The molecule has 0 spiro atoms. The second kappa shape index (κ2) is 4.50. The van der Waals surface area contributed by atoms with Gasteiger partial charge in [-0.15, -0.1) is 0 Å². The molecule has 0 saturated heterocycles. The third kappa shape index (κ3) is 2.12. The lowest BCUT2D eigenvalue weighted by Crippen LogP contribution is -2.09. The van der Waals surface area contributed by atoms with E-state index >= 15 is 0 Å². The molecule has 0 unspecified atom stereocenters. The highest BCUT2D eigenvalue weighted by molar-refractivity contribution is 6.07. The molecule has 0 bridgehead atoms. The van der Waals surface area contributed by atoms with Crippen molar-refractivity contribution in [1.29, 1.82) is 0 Å². The molecule has 3 nitrogen and oxygen atoms in total. The van der Waals surface area contributed by atoms with E-state index in [1.54, 1.807) is 6.20 Å². The average Bonchev–Trinajstić information content (AvgIpc) is 2.76. The van der Waals surface area contributed by atoms with E-state index in [0.717, 1.165) is 27.4 Å². The van der Waals surface area contributed by atoms with Gasteiger partial charge < -0.3 is 4.98 Å². The second-order valence-corrected chi connectivity index (χ2v) is 5.22. The number of Topliss-reactive ketones (excluding diaryl/α,β-unsaturated/α-hetero) is 1. The molecule has 19 heavy (non-hydrogen) atoms. The number of aromatic amines is 1. The van der Waals surface area contributed by atoms with Crippen LogP contribution in [0, 0.1) is 5.92 Å². The van der Waals surface area contributed by atoms with Gasteiger partial charge in [-0.1, -0.05) is 26.0 Å². The van der Waals surface area contributed by atoms with E-state index in [9.17, 15) is 4.79 Å². The normalized spacial score (nSPS) is 11.5. The molecule has 0 saturated carbocycles. The van der Waals surface area contributed by atoms with E-state index in [1.165, 1.54) is 0 Å². The third-order valence-corrected chi connectivity index (χ3v) is 3.49. The van der Waals surface area contributed by atoms with Gasteiger partial charge in [0, 0.05) is 46.5 Å². The maximum absolute atomic E-state index is 11.8. The molecule has 3 rings (SSSR count). The summed E-state index contributed by atoms with van der Waals surface area (Å²) in [4.78, 5) is 19.3. The summed E-state index contributed by atoms with van der Waals surface area (Å²) in [6, 6.07) is 8.13. The van der Waals surface area contributed by atoms with Crippen LogP contribution in [0.1, 0.15) is 19.4 Å². The summed E-state index contributed by atoms with van der Waals surface area (Å²) >= 11 is 0. The minimum atomic E-state index is 0.0858. The molecule has 0 amide bonds. The Balaban J connectivity index is 2.06. The fourth-order valence-electron chi connectivity index (χ4n) is 2.31. The first-order valence-corrected chi connectivity index (χ1v) is 6.52. The quantitative estimate of drug-likeness (QED) is 0.775. The second-order valence-electron chi connectivity index (χ2n) is 5.22. The molecule has 0 fully saturated rings. The summed E-state index contributed by atoms with van der Waals surface area (Å²) in [5.74, 6) is 0.361. The Morgan fingerprint density at radius 2 is 2.05 bits per heavy atom. The van der Waals surface area contributed by atoms with Crippen LogP contribution in [0.5, 0.6) is 0 Å². The van der Waals surface area contributed by atoms with E-state index < -0.39 is 0 Å². The predicted molar refractivity (Wildman–Crippen MR) is 77.1 cm³/mol. The topological polar surface area (TPSA) is 45.8 Å². The molecule has 0 aliphatic carbocycles. The fraction of sp³-hybridized carbons (Fsp3) is 0.250. The lowest BCUT2D eigenvalue weighted by Gasteiger charge is -2.04. The molecule has 0 aliphatic heterocycles. The first kappa shape index (κ1) is 11.9. The highest BCUT2D eigenvalue weighted by Gasteiger charge is 2.10. The predicted octanol–water partition coefficient (Wildman–Crippen LogP) is 3.48. The van der Waals surface area contributed by atoms with Crippen molar-refractivity contribution >= 4 is 27.6 Å². The van der Waals surface area contributed by atoms with Gasteiger partial charge in [-0.3, -0.25) is 9.78 Å². The van der Waals surface area contributed by atoms with Gasteiger partial charge in [0.25, 0.3) is 0 Å². The molecule has 0 atom stereocenters.